The number of aromatic nitrogens is 2. The Balaban J connectivity index is 2.76. The maximum Gasteiger partial charge on any atom is 0.218 e. The maximum absolute atomic E-state index is 14.4. The van der Waals surface area contributed by atoms with Crippen molar-refractivity contribution in [1.82, 2.24) is 5.10 Å². The Kier molecular flexibility index (Phi) is 3.42. The van der Waals surface area contributed by atoms with E-state index >= 15 is 0 Å². The molecule has 0 bridgehead atoms. The van der Waals surface area contributed by atoms with Gasteiger partial charge in [-0.3, -0.25) is 0 Å². The van der Waals surface area contributed by atoms with Crippen molar-refractivity contribution in [2.24, 2.45) is 7.05 Å². The molecule has 0 N–H and O–H groups in total. The SMILES string of the molecule is CCc1c2c(F)c(F)c3c(F)c(F)c(F)c(F)c3c2cn[n+]1C. The Bertz CT molecular complexity index is 984. The molecule has 0 amide bonds. The van der Waals surface area contributed by atoms with Crippen LogP contribution in [0.1, 0.15) is 12.6 Å². The van der Waals surface area contributed by atoms with E-state index in [4.69, 9.17) is 0 Å². The zero-order valence-electron chi connectivity index (χ0n) is 11.9. The largest absolute Gasteiger partial charge is 0.218 e. The number of fused-ring (bicyclic) bond motifs is 3. The normalized spacial score (nSPS) is 11.7. The molecule has 0 aliphatic rings. The van der Waals surface area contributed by atoms with Gasteiger partial charge in [-0.15, -0.1) is 0 Å². The van der Waals surface area contributed by atoms with Crippen LogP contribution >= 0.6 is 0 Å². The molecule has 23 heavy (non-hydrogen) atoms. The lowest BCUT2D eigenvalue weighted by molar-refractivity contribution is -0.736. The van der Waals surface area contributed by atoms with E-state index in [-0.39, 0.29) is 22.9 Å². The lowest BCUT2D eigenvalue weighted by atomic mass is 9.99. The van der Waals surface area contributed by atoms with Crippen molar-refractivity contribution >= 4 is 21.5 Å². The van der Waals surface area contributed by atoms with Gasteiger partial charge in [0.2, 0.25) is 5.69 Å². The van der Waals surface area contributed by atoms with E-state index in [1.807, 2.05) is 0 Å². The summed E-state index contributed by atoms with van der Waals surface area (Å²) in [5.74, 6) is -11.3. The zero-order valence-corrected chi connectivity index (χ0v) is 11.9. The Morgan fingerprint density at radius 3 is 1.83 bits per heavy atom. The molecular formula is C15H9F6N2+. The molecule has 2 nitrogen and oxygen atoms in total. The molecule has 3 rings (SSSR count). The van der Waals surface area contributed by atoms with Gasteiger partial charge in [-0.1, -0.05) is 11.6 Å². The van der Waals surface area contributed by atoms with Crippen LogP contribution < -0.4 is 4.68 Å². The highest BCUT2D eigenvalue weighted by molar-refractivity contribution is 6.08. The second-order valence-electron chi connectivity index (χ2n) is 4.99. The number of benzene rings is 2. The second-order valence-corrected chi connectivity index (χ2v) is 4.99. The topological polar surface area (TPSA) is 16.8 Å². The van der Waals surface area contributed by atoms with Crippen LogP contribution in [-0.4, -0.2) is 5.10 Å². The molecule has 1 aromatic heterocycles. The molecule has 3 aromatic rings. The molecule has 0 saturated carbocycles. The molecule has 2 aromatic carbocycles. The second kappa shape index (κ2) is 5.07. The van der Waals surface area contributed by atoms with Gasteiger partial charge in [-0.2, -0.15) is 0 Å². The molecule has 120 valence electrons. The Labute approximate surface area is 126 Å². The summed E-state index contributed by atoms with van der Waals surface area (Å²) < 4.78 is 84.7. The highest BCUT2D eigenvalue weighted by Gasteiger charge is 2.30. The number of rotatable bonds is 1. The van der Waals surface area contributed by atoms with Gasteiger partial charge in [-0.05, 0) is 5.10 Å². The fraction of sp³-hybridized carbons (Fsp3) is 0.200. The van der Waals surface area contributed by atoms with Crippen LogP contribution in [0.3, 0.4) is 0 Å². The number of halogens is 6. The smallest absolute Gasteiger partial charge is 0.203 e. The molecule has 0 atom stereocenters. The van der Waals surface area contributed by atoms with E-state index in [2.05, 4.69) is 5.10 Å². The monoisotopic (exact) mass is 331 g/mol. The summed E-state index contributed by atoms with van der Waals surface area (Å²) in [6, 6.07) is 0. The highest BCUT2D eigenvalue weighted by Crippen LogP contribution is 2.36. The molecule has 0 aliphatic carbocycles. The summed E-state index contributed by atoms with van der Waals surface area (Å²) in [5, 5.41) is 1.02. The van der Waals surface area contributed by atoms with Gasteiger partial charge in [0, 0.05) is 17.2 Å². The Hall–Kier alpha value is -2.38. The molecule has 8 heteroatoms. The summed E-state index contributed by atoms with van der Waals surface area (Å²) in [5.41, 5.74) is 0.199. The average Bonchev–Trinajstić information content (AvgIpc) is 2.54. The van der Waals surface area contributed by atoms with Gasteiger partial charge in [0.1, 0.15) is 6.20 Å². The molecule has 0 radical (unpaired) electrons. The third kappa shape index (κ3) is 1.90. The molecule has 0 fully saturated rings. The van der Waals surface area contributed by atoms with Gasteiger partial charge >= 0.3 is 0 Å². The van der Waals surface area contributed by atoms with Crippen molar-refractivity contribution in [3.63, 3.8) is 0 Å². The maximum atomic E-state index is 14.4. The number of nitrogens with zero attached hydrogens (tertiary/aromatic N) is 2. The first kappa shape index (κ1) is 15.5. The van der Waals surface area contributed by atoms with Crippen LogP contribution in [0.4, 0.5) is 26.3 Å². The average molecular weight is 331 g/mol. The fourth-order valence-electron chi connectivity index (χ4n) is 2.75. The van der Waals surface area contributed by atoms with Crippen molar-refractivity contribution in [3.8, 4) is 0 Å². The van der Waals surface area contributed by atoms with Gasteiger partial charge < -0.3 is 0 Å². The third-order valence-corrected chi connectivity index (χ3v) is 3.81. The highest BCUT2D eigenvalue weighted by atomic mass is 19.2. The van der Waals surface area contributed by atoms with E-state index in [1.165, 1.54) is 11.7 Å². The minimum Gasteiger partial charge on any atom is -0.203 e. The Morgan fingerprint density at radius 2 is 1.26 bits per heavy atom. The molecule has 0 aliphatic heterocycles. The first-order chi connectivity index (χ1) is 10.8. The van der Waals surface area contributed by atoms with Crippen molar-refractivity contribution in [2.45, 2.75) is 13.3 Å². The zero-order chi connectivity index (χ0) is 17.0. The van der Waals surface area contributed by atoms with Crippen LogP contribution in [0.15, 0.2) is 6.20 Å². The van der Waals surface area contributed by atoms with Crippen LogP contribution in [0.5, 0.6) is 0 Å². The van der Waals surface area contributed by atoms with E-state index < -0.39 is 45.7 Å². The van der Waals surface area contributed by atoms with E-state index in [0.717, 1.165) is 6.20 Å². The molecule has 0 saturated heterocycles. The van der Waals surface area contributed by atoms with Gasteiger partial charge in [-0.25, -0.2) is 26.3 Å². The van der Waals surface area contributed by atoms with Gasteiger partial charge in [0.05, 0.1) is 10.8 Å². The molecule has 1 heterocycles. The quantitative estimate of drug-likeness (QED) is 0.219. The van der Waals surface area contributed by atoms with Crippen molar-refractivity contribution in [3.05, 3.63) is 46.8 Å². The first-order valence-corrected chi connectivity index (χ1v) is 6.61. The summed E-state index contributed by atoms with van der Waals surface area (Å²) in [6.45, 7) is 1.63. The first-order valence-electron chi connectivity index (χ1n) is 6.61. The van der Waals surface area contributed by atoms with Gasteiger partial charge in [0.15, 0.2) is 42.0 Å². The van der Waals surface area contributed by atoms with Crippen LogP contribution in [0.25, 0.3) is 21.5 Å². The lowest BCUT2D eigenvalue weighted by Crippen LogP contribution is -2.37. The van der Waals surface area contributed by atoms with Crippen molar-refractivity contribution in [2.75, 3.05) is 0 Å². The predicted octanol–water partition coefficient (Wildman–Crippen LogP) is 3.61. The standard InChI is InChI=1S/C15H9F6N2/c1-3-6-7-5(4-22-23(6)2)8-9(12(18)10(7)16)13(19)15(21)14(20)11(8)17/h4H,3H2,1-2H3/q+1. The summed E-state index contributed by atoms with van der Waals surface area (Å²) in [4.78, 5) is 0. The summed E-state index contributed by atoms with van der Waals surface area (Å²) in [7, 11) is 1.46. The van der Waals surface area contributed by atoms with Gasteiger partial charge in [0.25, 0.3) is 0 Å². The minimum absolute atomic E-state index is 0.199. The fourth-order valence-corrected chi connectivity index (χ4v) is 2.75. The van der Waals surface area contributed by atoms with Crippen molar-refractivity contribution in [1.29, 1.82) is 0 Å². The van der Waals surface area contributed by atoms with Crippen LogP contribution in [0, 0.1) is 34.9 Å². The number of aryl methyl sites for hydroxylation is 2. The molecule has 0 unspecified atom stereocenters. The molecular weight excluding hydrogens is 322 g/mol. The summed E-state index contributed by atoms with van der Waals surface area (Å²) >= 11 is 0. The lowest BCUT2D eigenvalue weighted by Gasteiger charge is -2.11. The number of hydrogen-bond donors (Lipinski definition) is 0. The van der Waals surface area contributed by atoms with Crippen LogP contribution in [-0.2, 0) is 13.5 Å². The summed E-state index contributed by atoms with van der Waals surface area (Å²) in [6.07, 6.45) is 1.16. The van der Waals surface area contributed by atoms with Crippen molar-refractivity contribution < 1.29 is 31.0 Å². The predicted molar refractivity (Wildman–Crippen MR) is 69.6 cm³/mol. The van der Waals surface area contributed by atoms with E-state index in [9.17, 15) is 26.3 Å². The van der Waals surface area contributed by atoms with E-state index in [1.54, 1.807) is 6.92 Å². The van der Waals surface area contributed by atoms with E-state index in [0.29, 0.717) is 0 Å². The van der Waals surface area contributed by atoms with Crippen LogP contribution in [0.2, 0.25) is 0 Å². The Morgan fingerprint density at radius 1 is 0.783 bits per heavy atom. The third-order valence-electron chi connectivity index (χ3n) is 3.81. The number of hydrogen-bond acceptors (Lipinski definition) is 1. The molecule has 0 spiro atoms. The minimum atomic E-state index is -2.20.